The molecule has 0 saturated carbocycles. The number of nitrogens with one attached hydrogen (secondary N) is 1. The monoisotopic (exact) mass is 319 g/mol. The molecule has 0 aliphatic rings. The van der Waals surface area contributed by atoms with Crippen molar-refractivity contribution in [2.45, 2.75) is 20.8 Å². The van der Waals surface area contributed by atoms with Crippen LogP contribution in [-0.4, -0.2) is 8.42 Å². The summed E-state index contributed by atoms with van der Waals surface area (Å²) in [5, 5.41) is 1.10. The third kappa shape index (κ3) is 4.18. The molecule has 0 aromatic heterocycles. The van der Waals surface area contributed by atoms with Crippen LogP contribution in [0.3, 0.4) is 0 Å². The number of benzene rings is 2. The van der Waals surface area contributed by atoms with Gasteiger partial charge in [-0.05, 0) is 61.7 Å². The van der Waals surface area contributed by atoms with Crippen LogP contribution in [0.25, 0.3) is 6.08 Å². The van der Waals surface area contributed by atoms with Crippen molar-refractivity contribution in [1.29, 1.82) is 0 Å². The molecule has 0 atom stereocenters. The highest BCUT2D eigenvalue weighted by atomic mass is 32.2. The van der Waals surface area contributed by atoms with Crippen molar-refractivity contribution in [3.05, 3.63) is 69.9 Å². The van der Waals surface area contributed by atoms with Gasteiger partial charge in [0.2, 0.25) is 0 Å². The first kappa shape index (κ1) is 16.2. The average molecular weight is 319 g/mol. The molecule has 0 spiro atoms. The Hall–Kier alpha value is -2.14. The molecule has 1 N–H and O–H groups in total. The Morgan fingerprint density at radius 2 is 1.68 bits per heavy atom. The molecule has 0 bridgehead atoms. The molecule has 0 aliphatic carbocycles. The summed E-state index contributed by atoms with van der Waals surface area (Å²) in [4.78, 5) is 0. The van der Waals surface area contributed by atoms with Gasteiger partial charge in [0.05, 0.1) is 11.1 Å². The van der Waals surface area contributed by atoms with E-state index in [-0.39, 0.29) is 5.69 Å². The van der Waals surface area contributed by atoms with Crippen LogP contribution in [0.5, 0.6) is 0 Å². The smallest absolute Gasteiger partial charge is 0.255 e. The zero-order valence-corrected chi connectivity index (χ0v) is 13.5. The SMILES string of the molecule is Cc1cc(C)c(/C=C/S(=O)(=O)Nc2cccc(F)c2)c(C)c1. The van der Waals surface area contributed by atoms with Gasteiger partial charge in [0.25, 0.3) is 10.0 Å². The number of hydrogen-bond donors (Lipinski definition) is 1. The van der Waals surface area contributed by atoms with Crippen molar-refractivity contribution >= 4 is 21.8 Å². The quantitative estimate of drug-likeness (QED) is 0.919. The molecule has 2 aromatic carbocycles. The molecule has 0 fully saturated rings. The zero-order valence-electron chi connectivity index (χ0n) is 12.7. The highest BCUT2D eigenvalue weighted by molar-refractivity contribution is 7.95. The number of halogens is 1. The fraction of sp³-hybridized carbons (Fsp3) is 0.176. The van der Waals surface area contributed by atoms with Crippen molar-refractivity contribution in [3.8, 4) is 0 Å². The van der Waals surface area contributed by atoms with E-state index in [0.717, 1.165) is 33.7 Å². The maximum Gasteiger partial charge on any atom is 0.255 e. The van der Waals surface area contributed by atoms with Crippen molar-refractivity contribution in [3.63, 3.8) is 0 Å². The lowest BCUT2D eigenvalue weighted by molar-refractivity contribution is 0.609. The first-order valence-electron chi connectivity index (χ1n) is 6.81. The third-order valence-electron chi connectivity index (χ3n) is 3.24. The van der Waals surface area contributed by atoms with Gasteiger partial charge in [0.1, 0.15) is 5.82 Å². The van der Waals surface area contributed by atoms with Crippen molar-refractivity contribution in [2.24, 2.45) is 0 Å². The predicted molar refractivity (Wildman–Crippen MR) is 88.6 cm³/mol. The molecule has 0 saturated heterocycles. The van der Waals surface area contributed by atoms with E-state index >= 15 is 0 Å². The summed E-state index contributed by atoms with van der Waals surface area (Å²) in [5.41, 5.74) is 4.22. The van der Waals surface area contributed by atoms with Crippen LogP contribution in [0.15, 0.2) is 41.8 Å². The molecule has 2 aromatic rings. The number of sulfonamides is 1. The summed E-state index contributed by atoms with van der Waals surface area (Å²) in [7, 11) is -3.69. The van der Waals surface area contributed by atoms with Gasteiger partial charge < -0.3 is 0 Å². The summed E-state index contributed by atoms with van der Waals surface area (Å²) >= 11 is 0. The van der Waals surface area contributed by atoms with E-state index in [1.54, 1.807) is 6.08 Å². The van der Waals surface area contributed by atoms with Gasteiger partial charge in [-0.15, -0.1) is 0 Å². The molecule has 3 nitrogen and oxygen atoms in total. The van der Waals surface area contributed by atoms with Crippen LogP contribution in [0.4, 0.5) is 10.1 Å². The van der Waals surface area contributed by atoms with E-state index in [9.17, 15) is 12.8 Å². The Labute approximate surface area is 130 Å². The van der Waals surface area contributed by atoms with E-state index in [2.05, 4.69) is 4.72 Å². The molecule has 0 unspecified atom stereocenters. The molecule has 0 aliphatic heterocycles. The fourth-order valence-electron chi connectivity index (χ4n) is 2.36. The van der Waals surface area contributed by atoms with Gasteiger partial charge in [-0.1, -0.05) is 23.8 Å². The van der Waals surface area contributed by atoms with Crippen LogP contribution in [0.1, 0.15) is 22.3 Å². The second-order valence-electron chi connectivity index (χ2n) is 5.27. The van der Waals surface area contributed by atoms with Crippen LogP contribution in [-0.2, 0) is 10.0 Å². The standard InChI is InChI=1S/C17H18FNO2S/c1-12-9-13(2)17(14(3)10-12)7-8-22(20,21)19-16-6-4-5-15(18)11-16/h4-11,19H,1-3H3/b8-7+. The molecule has 22 heavy (non-hydrogen) atoms. The topological polar surface area (TPSA) is 46.2 Å². The normalized spacial score (nSPS) is 11.8. The minimum atomic E-state index is -3.69. The van der Waals surface area contributed by atoms with Gasteiger partial charge in [0.15, 0.2) is 0 Å². The zero-order chi connectivity index (χ0) is 16.3. The van der Waals surface area contributed by atoms with E-state index in [4.69, 9.17) is 0 Å². The highest BCUT2D eigenvalue weighted by Gasteiger charge is 2.07. The first-order valence-corrected chi connectivity index (χ1v) is 8.36. The molecular weight excluding hydrogens is 301 g/mol. The average Bonchev–Trinajstić information content (AvgIpc) is 2.36. The number of aryl methyl sites for hydroxylation is 3. The molecule has 0 heterocycles. The Balaban J connectivity index is 2.25. The lowest BCUT2D eigenvalue weighted by Crippen LogP contribution is -2.09. The number of anilines is 1. The molecule has 0 radical (unpaired) electrons. The summed E-state index contributed by atoms with van der Waals surface area (Å²) < 4.78 is 39.5. The number of hydrogen-bond acceptors (Lipinski definition) is 2. The minimum absolute atomic E-state index is 0.196. The van der Waals surface area contributed by atoms with Crippen LogP contribution in [0, 0.1) is 26.6 Å². The van der Waals surface area contributed by atoms with Gasteiger partial charge in [0, 0.05) is 0 Å². The second kappa shape index (κ2) is 6.32. The maximum atomic E-state index is 13.1. The van der Waals surface area contributed by atoms with Crippen molar-refractivity contribution in [1.82, 2.24) is 0 Å². The van der Waals surface area contributed by atoms with Gasteiger partial charge in [-0.3, -0.25) is 4.72 Å². The first-order chi connectivity index (χ1) is 10.3. The van der Waals surface area contributed by atoms with E-state index in [1.807, 2.05) is 32.9 Å². The Morgan fingerprint density at radius 1 is 1.05 bits per heavy atom. The molecular formula is C17H18FNO2S. The molecule has 116 valence electrons. The van der Waals surface area contributed by atoms with Crippen LogP contribution >= 0.6 is 0 Å². The Bertz CT molecular complexity index is 803. The van der Waals surface area contributed by atoms with Crippen molar-refractivity contribution < 1.29 is 12.8 Å². The van der Waals surface area contributed by atoms with Crippen molar-refractivity contribution in [2.75, 3.05) is 4.72 Å². The number of rotatable bonds is 4. The summed E-state index contributed by atoms with van der Waals surface area (Å²) in [5.74, 6) is -0.491. The highest BCUT2D eigenvalue weighted by Crippen LogP contribution is 2.19. The molecule has 0 amide bonds. The van der Waals surface area contributed by atoms with Crippen LogP contribution in [0.2, 0.25) is 0 Å². The maximum absolute atomic E-state index is 13.1. The van der Waals surface area contributed by atoms with E-state index in [0.29, 0.717) is 0 Å². The predicted octanol–water partition coefficient (Wildman–Crippen LogP) is 4.16. The van der Waals surface area contributed by atoms with Gasteiger partial charge in [-0.25, -0.2) is 12.8 Å². The summed E-state index contributed by atoms with van der Waals surface area (Å²) in [6, 6.07) is 9.33. The van der Waals surface area contributed by atoms with Gasteiger partial charge >= 0.3 is 0 Å². The lowest BCUT2D eigenvalue weighted by Gasteiger charge is -2.08. The minimum Gasteiger partial charge on any atom is -0.280 e. The molecule has 2 rings (SSSR count). The second-order valence-corrected chi connectivity index (χ2v) is 6.84. The summed E-state index contributed by atoms with van der Waals surface area (Å²) in [6.45, 7) is 5.87. The fourth-order valence-corrected chi connectivity index (χ4v) is 3.20. The van der Waals surface area contributed by atoms with Gasteiger partial charge in [-0.2, -0.15) is 0 Å². The Morgan fingerprint density at radius 3 is 2.27 bits per heavy atom. The van der Waals surface area contributed by atoms with E-state index in [1.165, 1.54) is 18.2 Å². The summed E-state index contributed by atoms with van der Waals surface area (Å²) in [6.07, 6.45) is 1.56. The van der Waals surface area contributed by atoms with E-state index < -0.39 is 15.8 Å². The lowest BCUT2D eigenvalue weighted by atomic mass is 10.0. The third-order valence-corrected chi connectivity index (χ3v) is 4.25. The molecule has 5 heteroatoms. The largest absolute Gasteiger partial charge is 0.280 e. The van der Waals surface area contributed by atoms with Crippen LogP contribution < -0.4 is 4.72 Å². The Kier molecular flexibility index (Phi) is 4.66.